The second-order valence-corrected chi connectivity index (χ2v) is 4.19. The minimum atomic E-state index is -1.25. The molecule has 0 radical (unpaired) electrons. The van der Waals surface area contributed by atoms with Crippen LogP contribution in [0.2, 0.25) is 0 Å². The Labute approximate surface area is 119 Å². The third-order valence-corrected chi connectivity index (χ3v) is 2.98. The molecule has 0 saturated carbocycles. The van der Waals surface area contributed by atoms with Crippen molar-refractivity contribution < 1.29 is 29.6 Å². The van der Waals surface area contributed by atoms with Gasteiger partial charge in [0.25, 0.3) is 0 Å². The quantitative estimate of drug-likeness (QED) is 0.587. The predicted molar refractivity (Wildman–Crippen MR) is 73.2 cm³/mol. The van der Waals surface area contributed by atoms with Crippen molar-refractivity contribution in [3.05, 3.63) is 53.1 Å². The molecule has 2 aromatic rings. The fourth-order valence-corrected chi connectivity index (χ4v) is 1.92. The highest BCUT2D eigenvalue weighted by atomic mass is 16.5. The van der Waals surface area contributed by atoms with Crippen molar-refractivity contribution in [2.24, 2.45) is 0 Å². The fraction of sp³-hybridized carbons (Fsp3) is 0.0667. The molecule has 3 N–H and O–H groups in total. The summed E-state index contributed by atoms with van der Waals surface area (Å²) >= 11 is 0. The van der Waals surface area contributed by atoms with Crippen LogP contribution in [0.4, 0.5) is 0 Å². The topological polar surface area (TPSA) is 104 Å². The minimum Gasteiger partial charge on any atom is -0.504 e. The zero-order valence-corrected chi connectivity index (χ0v) is 11.0. The molecule has 6 nitrogen and oxygen atoms in total. The van der Waals surface area contributed by atoms with Crippen LogP contribution in [-0.2, 0) is 0 Å². The molecule has 0 spiro atoms. The molecule has 0 bridgehead atoms. The van der Waals surface area contributed by atoms with Gasteiger partial charge in [0, 0.05) is 5.56 Å². The van der Waals surface area contributed by atoms with E-state index < -0.39 is 23.3 Å². The molecule has 2 aromatic carbocycles. The normalized spacial score (nSPS) is 10.1. The summed E-state index contributed by atoms with van der Waals surface area (Å²) in [4.78, 5) is 23.5. The maximum absolute atomic E-state index is 12.4. The number of rotatable bonds is 4. The van der Waals surface area contributed by atoms with Crippen molar-refractivity contribution in [1.82, 2.24) is 0 Å². The van der Waals surface area contributed by atoms with E-state index in [1.54, 1.807) is 0 Å². The number of phenolic OH excluding ortho intramolecular Hbond substituents is 2. The van der Waals surface area contributed by atoms with E-state index in [1.165, 1.54) is 43.5 Å². The Hall–Kier alpha value is -3.02. The number of aromatic carboxylic acids is 1. The summed E-state index contributed by atoms with van der Waals surface area (Å²) in [6.45, 7) is 0. The fourth-order valence-electron chi connectivity index (χ4n) is 1.92. The van der Waals surface area contributed by atoms with E-state index in [2.05, 4.69) is 0 Å². The van der Waals surface area contributed by atoms with E-state index in [4.69, 9.17) is 9.84 Å². The highest BCUT2D eigenvalue weighted by Gasteiger charge is 2.22. The Kier molecular flexibility index (Phi) is 3.80. The summed E-state index contributed by atoms with van der Waals surface area (Å²) in [5.41, 5.74) is -0.468. The second-order valence-electron chi connectivity index (χ2n) is 4.19. The Morgan fingerprint density at radius 2 is 1.52 bits per heavy atom. The van der Waals surface area contributed by atoms with E-state index in [9.17, 15) is 19.8 Å². The Bertz CT molecular complexity index is 720. The summed E-state index contributed by atoms with van der Waals surface area (Å²) in [5.74, 6) is -3.18. The lowest BCUT2D eigenvalue weighted by Crippen LogP contribution is -2.09. The molecule has 0 aromatic heterocycles. The Morgan fingerprint density at radius 3 is 2.10 bits per heavy atom. The number of ether oxygens (including phenoxy) is 1. The predicted octanol–water partition coefficient (Wildman–Crippen LogP) is 2.04. The van der Waals surface area contributed by atoms with Gasteiger partial charge in [0.05, 0.1) is 18.2 Å². The largest absolute Gasteiger partial charge is 0.504 e. The molecular formula is C15H12O6. The average molecular weight is 288 g/mol. The number of carboxylic acids is 1. The monoisotopic (exact) mass is 288 g/mol. The molecule has 21 heavy (non-hydrogen) atoms. The van der Waals surface area contributed by atoms with Gasteiger partial charge in [-0.15, -0.1) is 0 Å². The first-order valence-electron chi connectivity index (χ1n) is 5.93. The van der Waals surface area contributed by atoms with Crippen LogP contribution in [0.25, 0.3) is 0 Å². The summed E-state index contributed by atoms with van der Waals surface area (Å²) in [7, 11) is 1.30. The van der Waals surface area contributed by atoms with Gasteiger partial charge in [-0.1, -0.05) is 18.2 Å². The minimum absolute atomic E-state index is 0.00979. The Morgan fingerprint density at radius 1 is 0.905 bits per heavy atom. The maximum atomic E-state index is 12.4. The van der Waals surface area contributed by atoms with Crippen LogP contribution in [0.1, 0.15) is 26.3 Å². The van der Waals surface area contributed by atoms with Gasteiger partial charge in [-0.3, -0.25) is 4.79 Å². The molecule has 0 aliphatic rings. The van der Waals surface area contributed by atoms with Crippen LogP contribution in [0.3, 0.4) is 0 Å². The molecule has 0 amide bonds. The third kappa shape index (κ3) is 2.51. The molecule has 0 fully saturated rings. The lowest BCUT2D eigenvalue weighted by atomic mass is 9.97. The van der Waals surface area contributed by atoms with E-state index in [0.29, 0.717) is 0 Å². The van der Waals surface area contributed by atoms with E-state index in [1.807, 2.05) is 0 Å². The zero-order valence-electron chi connectivity index (χ0n) is 11.0. The number of phenols is 2. The maximum Gasteiger partial charge on any atom is 0.336 e. The number of hydrogen-bond donors (Lipinski definition) is 3. The molecule has 0 heterocycles. The summed E-state index contributed by atoms with van der Waals surface area (Å²) in [6.07, 6.45) is 0. The molecule has 0 unspecified atom stereocenters. The molecule has 2 rings (SSSR count). The van der Waals surface area contributed by atoms with Gasteiger partial charge in [-0.25, -0.2) is 4.79 Å². The van der Waals surface area contributed by atoms with E-state index in [0.717, 1.165) is 0 Å². The van der Waals surface area contributed by atoms with Crippen molar-refractivity contribution >= 4 is 11.8 Å². The number of carbonyl (C=O) groups is 2. The van der Waals surface area contributed by atoms with Crippen LogP contribution in [0.15, 0.2) is 36.4 Å². The van der Waals surface area contributed by atoms with Crippen LogP contribution < -0.4 is 4.74 Å². The van der Waals surface area contributed by atoms with Gasteiger partial charge < -0.3 is 20.1 Å². The molecule has 6 heteroatoms. The standard InChI is InChI=1S/C15H12O6/c1-21-11-7-6-10(13(17)14(11)18)12(16)8-4-2-3-5-9(8)15(19)20/h2-7,17-18H,1H3,(H,19,20). The molecular weight excluding hydrogens is 276 g/mol. The van der Waals surface area contributed by atoms with Gasteiger partial charge in [0.15, 0.2) is 17.3 Å². The van der Waals surface area contributed by atoms with Crippen molar-refractivity contribution in [3.8, 4) is 17.2 Å². The summed E-state index contributed by atoms with van der Waals surface area (Å²) in [6, 6.07) is 8.20. The first-order valence-corrected chi connectivity index (χ1v) is 5.93. The molecule has 0 aliphatic heterocycles. The highest BCUT2D eigenvalue weighted by molar-refractivity contribution is 6.15. The number of hydrogen-bond acceptors (Lipinski definition) is 5. The van der Waals surface area contributed by atoms with Crippen molar-refractivity contribution in [1.29, 1.82) is 0 Å². The Balaban J connectivity index is 2.56. The number of carbonyl (C=O) groups excluding carboxylic acids is 1. The zero-order chi connectivity index (χ0) is 15.6. The summed E-state index contributed by atoms with van der Waals surface area (Å²) in [5, 5.41) is 28.7. The lowest BCUT2D eigenvalue weighted by molar-refractivity contribution is 0.0692. The van der Waals surface area contributed by atoms with Crippen LogP contribution in [-0.4, -0.2) is 34.2 Å². The number of benzene rings is 2. The van der Waals surface area contributed by atoms with Crippen molar-refractivity contribution in [3.63, 3.8) is 0 Å². The lowest BCUT2D eigenvalue weighted by Gasteiger charge is -2.10. The van der Waals surface area contributed by atoms with E-state index in [-0.39, 0.29) is 22.4 Å². The van der Waals surface area contributed by atoms with Gasteiger partial charge in [-0.2, -0.15) is 0 Å². The van der Waals surface area contributed by atoms with Crippen molar-refractivity contribution in [2.75, 3.05) is 7.11 Å². The average Bonchev–Trinajstić information content (AvgIpc) is 2.49. The summed E-state index contributed by atoms with van der Waals surface area (Å²) < 4.78 is 4.81. The van der Waals surface area contributed by atoms with Gasteiger partial charge >= 0.3 is 5.97 Å². The molecule has 108 valence electrons. The second kappa shape index (κ2) is 5.54. The first kappa shape index (κ1) is 14.4. The number of ketones is 1. The number of aromatic hydroxyl groups is 2. The number of carboxylic acid groups (broad SMARTS) is 1. The highest BCUT2D eigenvalue weighted by Crippen LogP contribution is 2.38. The SMILES string of the molecule is COc1ccc(C(=O)c2ccccc2C(=O)O)c(O)c1O. The van der Waals surface area contributed by atoms with Gasteiger partial charge in [0.1, 0.15) is 0 Å². The van der Waals surface area contributed by atoms with Gasteiger partial charge in [-0.05, 0) is 18.2 Å². The van der Waals surface area contributed by atoms with Crippen molar-refractivity contribution in [2.45, 2.75) is 0 Å². The van der Waals surface area contributed by atoms with E-state index >= 15 is 0 Å². The van der Waals surface area contributed by atoms with Crippen LogP contribution in [0.5, 0.6) is 17.2 Å². The molecule has 0 saturated heterocycles. The number of methoxy groups -OCH3 is 1. The van der Waals surface area contributed by atoms with Gasteiger partial charge in [0.2, 0.25) is 5.75 Å². The molecule has 0 aliphatic carbocycles. The first-order chi connectivity index (χ1) is 9.97. The van der Waals surface area contributed by atoms with Crippen LogP contribution >= 0.6 is 0 Å². The molecule has 0 atom stereocenters. The third-order valence-electron chi connectivity index (χ3n) is 2.98. The van der Waals surface area contributed by atoms with Crippen LogP contribution in [0, 0.1) is 0 Å². The smallest absolute Gasteiger partial charge is 0.336 e.